The second-order valence-corrected chi connectivity index (χ2v) is 10.0. The third-order valence-electron chi connectivity index (χ3n) is 6.88. The Balaban J connectivity index is 1.99. The van der Waals surface area contributed by atoms with Crippen molar-refractivity contribution in [3.05, 3.63) is 63.7 Å². The fourth-order valence-electron chi connectivity index (χ4n) is 5.13. The molecule has 2 aromatic carbocycles. The molecule has 1 aliphatic carbocycles. The summed E-state index contributed by atoms with van der Waals surface area (Å²) < 4.78 is 72.3. The Bertz CT molecular complexity index is 1170. The highest BCUT2D eigenvalue weighted by Gasteiger charge is 2.66. The fourth-order valence-corrected chi connectivity index (χ4v) is 5.13. The third-order valence-corrected chi connectivity index (χ3v) is 6.88. The lowest BCUT2D eigenvalue weighted by Crippen LogP contribution is -2.51. The Kier molecular flexibility index (Phi) is 8.05. The van der Waals surface area contributed by atoms with Gasteiger partial charge in [0.05, 0.1) is 6.04 Å². The zero-order valence-corrected chi connectivity index (χ0v) is 21.7. The van der Waals surface area contributed by atoms with Crippen LogP contribution in [0.3, 0.4) is 0 Å². The van der Waals surface area contributed by atoms with E-state index in [2.05, 4.69) is 10.6 Å². The summed E-state index contributed by atoms with van der Waals surface area (Å²) in [7, 11) is 0. The standard InChI is InChI=1S/C28H33F5N2O2/c1-6-8-19-15-21(28(33,26(4,29)30)27(5,31)32)13-16(2)24(19)35-25(37)20-11-12-22-18(14-20)9-7-10-23(22)34-17(3)36/h11-15,23H,6-10H2,1-5H3,(H,34,36)(H,35,37). The number of fused-ring (bicyclic) bond motifs is 1. The van der Waals surface area contributed by atoms with E-state index in [4.69, 9.17) is 0 Å². The molecule has 202 valence electrons. The summed E-state index contributed by atoms with van der Waals surface area (Å²) in [5.41, 5.74) is -2.03. The molecule has 2 amide bonds. The van der Waals surface area contributed by atoms with Crippen LogP contribution in [0.5, 0.6) is 0 Å². The van der Waals surface area contributed by atoms with E-state index in [0.29, 0.717) is 17.5 Å². The molecule has 0 aliphatic heterocycles. The molecule has 37 heavy (non-hydrogen) atoms. The molecule has 1 unspecified atom stereocenters. The minimum absolute atomic E-state index is 0.126. The van der Waals surface area contributed by atoms with Crippen molar-refractivity contribution >= 4 is 17.5 Å². The molecule has 0 radical (unpaired) electrons. The second kappa shape index (κ2) is 10.4. The van der Waals surface area contributed by atoms with Crippen molar-refractivity contribution in [1.82, 2.24) is 5.32 Å². The molecule has 0 saturated heterocycles. The number of alkyl halides is 5. The summed E-state index contributed by atoms with van der Waals surface area (Å²) in [5, 5.41) is 5.70. The average molecular weight is 525 g/mol. The molecule has 0 saturated carbocycles. The molecule has 0 bridgehead atoms. The van der Waals surface area contributed by atoms with E-state index in [-0.39, 0.29) is 43.5 Å². The van der Waals surface area contributed by atoms with E-state index in [0.717, 1.165) is 42.5 Å². The SMILES string of the molecule is CCCc1cc(C(F)(C(C)(F)F)C(C)(F)F)cc(C)c1NC(=O)c1ccc2c(c1)CCCC2NC(C)=O. The van der Waals surface area contributed by atoms with E-state index >= 15 is 4.39 Å². The maximum atomic E-state index is 15.5. The van der Waals surface area contributed by atoms with Gasteiger partial charge in [0.25, 0.3) is 23.4 Å². The predicted molar refractivity (Wildman–Crippen MR) is 133 cm³/mol. The first kappa shape index (κ1) is 28.6. The highest BCUT2D eigenvalue weighted by atomic mass is 19.3. The minimum atomic E-state index is -4.36. The summed E-state index contributed by atoms with van der Waals surface area (Å²) in [6, 6.07) is 7.03. The largest absolute Gasteiger partial charge is 0.350 e. The zero-order chi connectivity index (χ0) is 27.8. The molecule has 4 nitrogen and oxygen atoms in total. The zero-order valence-electron chi connectivity index (χ0n) is 21.7. The van der Waals surface area contributed by atoms with Crippen molar-refractivity contribution in [1.29, 1.82) is 0 Å². The van der Waals surface area contributed by atoms with Gasteiger partial charge in [-0.3, -0.25) is 9.59 Å². The lowest BCUT2D eigenvalue weighted by atomic mass is 9.82. The fraction of sp³-hybridized carbons (Fsp3) is 0.500. The molecule has 3 rings (SSSR count). The van der Waals surface area contributed by atoms with Gasteiger partial charge in [0.2, 0.25) is 5.91 Å². The summed E-state index contributed by atoms with van der Waals surface area (Å²) >= 11 is 0. The van der Waals surface area contributed by atoms with Crippen molar-refractivity contribution in [2.75, 3.05) is 5.32 Å². The van der Waals surface area contributed by atoms with Crippen molar-refractivity contribution in [2.45, 2.75) is 90.3 Å². The van der Waals surface area contributed by atoms with E-state index in [1.165, 1.54) is 13.8 Å². The van der Waals surface area contributed by atoms with Gasteiger partial charge in [-0.2, -0.15) is 0 Å². The van der Waals surface area contributed by atoms with Crippen LogP contribution in [0.25, 0.3) is 0 Å². The van der Waals surface area contributed by atoms with Gasteiger partial charge in [0, 0.05) is 37.6 Å². The van der Waals surface area contributed by atoms with Crippen molar-refractivity contribution < 1.29 is 31.5 Å². The number of aryl methyl sites for hydroxylation is 3. The molecule has 2 aromatic rings. The van der Waals surface area contributed by atoms with Crippen LogP contribution in [0.4, 0.5) is 27.6 Å². The number of halogens is 5. The molecular formula is C28H33F5N2O2. The molecule has 0 aromatic heterocycles. The van der Waals surface area contributed by atoms with Gasteiger partial charge in [0.15, 0.2) is 0 Å². The Hall–Kier alpha value is -2.97. The first-order chi connectivity index (χ1) is 17.1. The summed E-state index contributed by atoms with van der Waals surface area (Å²) in [6.07, 6.45) is 3.16. The Morgan fingerprint density at radius 3 is 2.24 bits per heavy atom. The second-order valence-electron chi connectivity index (χ2n) is 10.0. The van der Waals surface area contributed by atoms with Crippen LogP contribution in [0.15, 0.2) is 30.3 Å². The Morgan fingerprint density at radius 2 is 1.68 bits per heavy atom. The van der Waals surface area contributed by atoms with Crippen LogP contribution >= 0.6 is 0 Å². The van der Waals surface area contributed by atoms with Gasteiger partial charge < -0.3 is 10.6 Å². The average Bonchev–Trinajstić information content (AvgIpc) is 2.78. The molecule has 1 atom stereocenters. The van der Waals surface area contributed by atoms with E-state index in [1.54, 1.807) is 25.1 Å². The summed E-state index contributed by atoms with van der Waals surface area (Å²) in [5.74, 6) is -9.32. The minimum Gasteiger partial charge on any atom is -0.350 e. The first-order valence-corrected chi connectivity index (χ1v) is 12.4. The molecule has 9 heteroatoms. The predicted octanol–water partition coefficient (Wildman–Crippen LogP) is 7.19. The number of hydrogen-bond acceptors (Lipinski definition) is 2. The molecule has 0 heterocycles. The number of carbonyl (C=O) groups excluding carboxylic acids is 2. The Morgan fingerprint density at radius 1 is 1.03 bits per heavy atom. The van der Waals surface area contributed by atoms with E-state index in [1.807, 2.05) is 0 Å². The molecular weight excluding hydrogens is 491 g/mol. The number of carbonyl (C=O) groups is 2. The molecule has 0 fully saturated rings. The van der Waals surface area contributed by atoms with Crippen LogP contribution in [-0.4, -0.2) is 23.7 Å². The van der Waals surface area contributed by atoms with E-state index in [9.17, 15) is 27.2 Å². The maximum Gasteiger partial charge on any atom is 0.288 e. The summed E-state index contributed by atoms with van der Waals surface area (Å²) in [4.78, 5) is 24.7. The Labute approximate surface area is 214 Å². The van der Waals surface area contributed by atoms with Crippen LogP contribution < -0.4 is 10.6 Å². The van der Waals surface area contributed by atoms with Gasteiger partial charge in [-0.05, 0) is 67.0 Å². The van der Waals surface area contributed by atoms with Crippen molar-refractivity contribution in [2.24, 2.45) is 0 Å². The van der Waals surface area contributed by atoms with Gasteiger partial charge in [-0.15, -0.1) is 0 Å². The van der Waals surface area contributed by atoms with Gasteiger partial charge >= 0.3 is 0 Å². The normalized spacial score (nSPS) is 16.2. The summed E-state index contributed by atoms with van der Waals surface area (Å²) in [6.45, 7) is 5.00. The maximum absolute atomic E-state index is 15.5. The molecule has 2 N–H and O–H groups in total. The lowest BCUT2D eigenvalue weighted by Gasteiger charge is -2.36. The number of benzene rings is 2. The van der Waals surface area contributed by atoms with Crippen LogP contribution in [-0.2, 0) is 23.3 Å². The number of hydrogen-bond donors (Lipinski definition) is 2. The van der Waals surface area contributed by atoms with Crippen molar-refractivity contribution in [3.8, 4) is 0 Å². The van der Waals surface area contributed by atoms with Crippen LogP contribution in [0.1, 0.15) is 91.2 Å². The highest BCUT2D eigenvalue weighted by Crippen LogP contribution is 2.52. The third kappa shape index (κ3) is 5.65. The smallest absolute Gasteiger partial charge is 0.288 e. The molecule has 0 spiro atoms. The number of nitrogens with one attached hydrogen (secondary N) is 2. The lowest BCUT2D eigenvalue weighted by molar-refractivity contribution is -0.239. The molecule has 1 aliphatic rings. The highest BCUT2D eigenvalue weighted by molar-refractivity contribution is 6.05. The number of rotatable bonds is 8. The van der Waals surface area contributed by atoms with Gasteiger partial charge in [0.1, 0.15) is 0 Å². The van der Waals surface area contributed by atoms with Crippen molar-refractivity contribution in [3.63, 3.8) is 0 Å². The monoisotopic (exact) mass is 524 g/mol. The number of amides is 2. The van der Waals surface area contributed by atoms with Crippen LogP contribution in [0, 0.1) is 6.92 Å². The number of anilines is 1. The van der Waals surface area contributed by atoms with Gasteiger partial charge in [-0.1, -0.05) is 31.5 Å². The quantitative estimate of drug-likeness (QED) is 0.359. The van der Waals surface area contributed by atoms with E-state index < -0.39 is 29.0 Å². The van der Waals surface area contributed by atoms with Crippen LogP contribution in [0.2, 0.25) is 0 Å². The topological polar surface area (TPSA) is 58.2 Å². The first-order valence-electron chi connectivity index (χ1n) is 12.4. The van der Waals surface area contributed by atoms with Gasteiger partial charge in [-0.25, -0.2) is 22.0 Å².